The second kappa shape index (κ2) is 8.43. The molecule has 2 aliphatic heterocycles. The Balaban J connectivity index is 0.00000228. The third-order valence-electron chi connectivity index (χ3n) is 7.25. The fourth-order valence-electron chi connectivity index (χ4n) is 5.77. The van der Waals surface area contributed by atoms with Gasteiger partial charge >= 0.3 is 5.69 Å². The summed E-state index contributed by atoms with van der Waals surface area (Å²) in [7, 11) is 1.72. The number of ether oxygens (including phenoxy) is 3. The van der Waals surface area contributed by atoms with Crippen LogP contribution in [0, 0.1) is 5.92 Å². The van der Waals surface area contributed by atoms with Crippen molar-refractivity contribution in [2.45, 2.75) is 37.8 Å². The van der Waals surface area contributed by atoms with E-state index in [1.54, 1.807) is 19.2 Å². The number of halogens is 1. The van der Waals surface area contributed by atoms with Gasteiger partial charge in [0.15, 0.2) is 11.5 Å². The molecule has 33 heavy (non-hydrogen) atoms. The first kappa shape index (κ1) is 21.9. The second-order valence-electron chi connectivity index (χ2n) is 8.76. The van der Waals surface area contributed by atoms with E-state index in [2.05, 4.69) is 22.4 Å². The molecule has 0 saturated carbocycles. The van der Waals surface area contributed by atoms with E-state index in [1.165, 1.54) is 15.7 Å². The molecule has 174 valence electrons. The minimum absolute atomic E-state index is 0. The molecular formula is C24H26ClN3O5. The highest BCUT2D eigenvalue weighted by Crippen LogP contribution is 2.45. The van der Waals surface area contributed by atoms with Crippen molar-refractivity contribution in [1.29, 1.82) is 0 Å². The zero-order chi connectivity index (χ0) is 21.8. The monoisotopic (exact) mass is 471 g/mol. The number of methoxy groups -OCH3 is 1. The first-order valence-corrected chi connectivity index (χ1v) is 11.1. The lowest BCUT2D eigenvalue weighted by molar-refractivity contribution is 0.174. The van der Waals surface area contributed by atoms with E-state index in [-0.39, 0.29) is 30.8 Å². The molecule has 3 aliphatic rings. The number of aromatic nitrogens is 2. The molecule has 0 bridgehead atoms. The highest BCUT2D eigenvalue weighted by Gasteiger charge is 2.40. The van der Waals surface area contributed by atoms with Gasteiger partial charge in [-0.15, -0.1) is 12.4 Å². The lowest BCUT2D eigenvalue weighted by Crippen LogP contribution is -2.38. The molecule has 1 saturated heterocycles. The van der Waals surface area contributed by atoms with Crippen LogP contribution >= 0.6 is 12.4 Å². The predicted molar refractivity (Wildman–Crippen MR) is 126 cm³/mol. The van der Waals surface area contributed by atoms with Crippen molar-refractivity contribution in [2.75, 3.05) is 20.4 Å². The SMILES string of the molecule is COc1cccc2c1CC[C@H]1CNC(CCn3c(=O)[nH]c4ccc5c(c4c3=O)OCO5)[C@@H]21.Cl. The first-order chi connectivity index (χ1) is 15.7. The third-order valence-corrected chi connectivity index (χ3v) is 7.25. The van der Waals surface area contributed by atoms with Gasteiger partial charge in [-0.25, -0.2) is 4.79 Å². The molecule has 6 rings (SSSR count). The minimum Gasteiger partial charge on any atom is -0.496 e. The summed E-state index contributed by atoms with van der Waals surface area (Å²) in [6.45, 7) is 1.35. The number of nitrogens with one attached hydrogen (secondary N) is 2. The van der Waals surface area contributed by atoms with Crippen LogP contribution in [0.5, 0.6) is 17.2 Å². The molecule has 2 aromatic carbocycles. The zero-order valence-electron chi connectivity index (χ0n) is 18.3. The minimum atomic E-state index is -0.401. The van der Waals surface area contributed by atoms with Gasteiger partial charge in [0.2, 0.25) is 6.79 Å². The van der Waals surface area contributed by atoms with Crippen molar-refractivity contribution in [3.05, 3.63) is 62.3 Å². The van der Waals surface area contributed by atoms with Crippen LogP contribution in [0.1, 0.15) is 29.9 Å². The number of fused-ring (bicyclic) bond motifs is 6. The average molecular weight is 472 g/mol. The molecule has 1 aliphatic carbocycles. The average Bonchev–Trinajstić information content (AvgIpc) is 3.45. The van der Waals surface area contributed by atoms with Gasteiger partial charge < -0.3 is 24.5 Å². The summed E-state index contributed by atoms with van der Waals surface area (Å²) in [5, 5.41) is 4.02. The molecule has 3 heterocycles. The summed E-state index contributed by atoms with van der Waals surface area (Å²) in [6, 6.07) is 9.86. The highest BCUT2D eigenvalue weighted by molar-refractivity contribution is 5.87. The van der Waals surface area contributed by atoms with Crippen molar-refractivity contribution in [3.8, 4) is 17.2 Å². The molecule has 1 aromatic heterocycles. The quantitative estimate of drug-likeness (QED) is 0.607. The van der Waals surface area contributed by atoms with Gasteiger partial charge in [-0.05, 0) is 61.1 Å². The lowest BCUT2D eigenvalue weighted by atomic mass is 9.73. The van der Waals surface area contributed by atoms with Crippen molar-refractivity contribution < 1.29 is 14.2 Å². The Labute approximate surface area is 196 Å². The fourth-order valence-corrected chi connectivity index (χ4v) is 5.77. The van der Waals surface area contributed by atoms with Gasteiger partial charge in [0, 0.05) is 18.5 Å². The summed E-state index contributed by atoms with van der Waals surface area (Å²) in [5.74, 6) is 2.79. The van der Waals surface area contributed by atoms with E-state index in [9.17, 15) is 9.59 Å². The van der Waals surface area contributed by atoms with Gasteiger partial charge in [0.1, 0.15) is 11.1 Å². The normalized spacial score (nSPS) is 22.5. The number of H-pyrrole nitrogens is 1. The number of aromatic amines is 1. The van der Waals surface area contributed by atoms with Crippen LogP contribution in [-0.4, -0.2) is 36.0 Å². The van der Waals surface area contributed by atoms with E-state index in [0.717, 1.165) is 25.1 Å². The summed E-state index contributed by atoms with van der Waals surface area (Å²) in [6.07, 6.45) is 2.81. The molecule has 2 N–H and O–H groups in total. The maximum absolute atomic E-state index is 13.2. The Bertz CT molecular complexity index is 1330. The van der Waals surface area contributed by atoms with E-state index >= 15 is 0 Å². The Morgan fingerprint density at radius 3 is 2.91 bits per heavy atom. The molecular weight excluding hydrogens is 446 g/mol. The molecule has 3 aromatic rings. The van der Waals surface area contributed by atoms with E-state index in [0.29, 0.717) is 47.2 Å². The lowest BCUT2D eigenvalue weighted by Gasteiger charge is -2.32. The van der Waals surface area contributed by atoms with Gasteiger partial charge in [-0.2, -0.15) is 0 Å². The topological polar surface area (TPSA) is 94.6 Å². The van der Waals surface area contributed by atoms with Crippen molar-refractivity contribution in [1.82, 2.24) is 14.9 Å². The van der Waals surface area contributed by atoms with Gasteiger partial charge in [0.05, 0.1) is 12.6 Å². The van der Waals surface area contributed by atoms with Gasteiger partial charge in [-0.3, -0.25) is 9.36 Å². The van der Waals surface area contributed by atoms with E-state index in [1.807, 2.05) is 6.07 Å². The summed E-state index contributed by atoms with van der Waals surface area (Å²) < 4.78 is 17.8. The Hall–Kier alpha value is -2.97. The van der Waals surface area contributed by atoms with E-state index < -0.39 is 5.69 Å². The molecule has 0 spiro atoms. The van der Waals surface area contributed by atoms with Gasteiger partial charge in [-0.1, -0.05) is 12.1 Å². The van der Waals surface area contributed by atoms with Crippen LogP contribution in [-0.2, 0) is 13.0 Å². The largest absolute Gasteiger partial charge is 0.496 e. The summed E-state index contributed by atoms with van der Waals surface area (Å²) >= 11 is 0. The fraction of sp³-hybridized carbons (Fsp3) is 0.417. The van der Waals surface area contributed by atoms with Crippen LogP contribution in [0.3, 0.4) is 0 Å². The van der Waals surface area contributed by atoms with Crippen molar-refractivity contribution in [2.24, 2.45) is 5.92 Å². The highest BCUT2D eigenvalue weighted by atomic mass is 35.5. The Morgan fingerprint density at radius 1 is 1.18 bits per heavy atom. The number of hydrogen-bond donors (Lipinski definition) is 2. The van der Waals surface area contributed by atoms with Crippen LogP contribution < -0.4 is 30.8 Å². The second-order valence-corrected chi connectivity index (χ2v) is 8.76. The maximum atomic E-state index is 13.2. The van der Waals surface area contributed by atoms with Crippen LogP contribution in [0.25, 0.3) is 10.9 Å². The zero-order valence-corrected chi connectivity index (χ0v) is 19.1. The van der Waals surface area contributed by atoms with Crippen LogP contribution in [0.4, 0.5) is 0 Å². The molecule has 0 amide bonds. The molecule has 9 heteroatoms. The number of hydrogen-bond acceptors (Lipinski definition) is 6. The third kappa shape index (κ3) is 3.40. The summed E-state index contributed by atoms with van der Waals surface area (Å²) in [4.78, 5) is 28.8. The van der Waals surface area contributed by atoms with Crippen molar-refractivity contribution >= 4 is 23.3 Å². The van der Waals surface area contributed by atoms with Crippen molar-refractivity contribution in [3.63, 3.8) is 0 Å². The molecule has 3 atom stereocenters. The number of benzene rings is 2. The van der Waals surface area contributed by atoms with Gasteiger partial charge in [0.25, 0.3) is 5.56 Å². The molecule has 1 unspecified atom stereocenters. The maximum Gasteiger partial charge on any atom is 0.328 e. The standard InChI is InChI=1S/C24H25N3O5.ClH/c1-30-18-4-2-3-15-14(18)6-5-13-11-25-16(20(13)15)9-10-27-23(28)21-17(26-24(27)29)7-8-19-22(21)32-12-31-19;/h2-4,7-8,13,16,20,25H,5-6,9-12H2,1H3,(H,26,29);1H/t13-,16?,20+;/m0./s1. The predicted octanol–water partition coefficient (Wildman–Crippen LogP) is 2.56. The van der Waals surface area contributed by atoms with E-state index in [4.69, 9.17) is 14.2 Å². The number of rotatable bonds is 4. The van der Waals surface area contributed by atoms with Crippen LogP contribution in [0.15, 0.2) is 39.9 Å². The Kier molecular flexibility index (Phi) is 5.58. The first-order valence-electron chi connectivity index (χ1n) is 11.1. The molecule has 1 fully saturated rings. The summed E-state index contributed by atoms with van der Waals surface area (Å²) in [5.41, 5.74) is 2.35. The Morgan fingerprint density at radius 2 is 2.06 bits per heavy atom. The number of nitrogens with zero attached hydrogens (tertiary/aromatic N) is 1. The molecule has 8 nitrogen and oxygen atoms in total. The van der Waals surface area contributed by atoms with Crippen LogP contribution in [0.2, 0.25) is 0 Å². The smallest absolute Gasteiger partial charge is 0.328 e. The molecule has 0 radical (unpaired) electrons.